The van der Waals surface area contributed by atoms with Crippen LogP contribution in [-0.2, 0) is 9.59 Å². The lowest BCUT2D eigenvalue weighted by Gasteiger charge is -2.32. The van der Waals surface area contributed by atoms with Crippen LogP contribution in [0.2, 0.25) is 0 Å². The van der Waals surface area contributed by atoms with E-state index in [4.69, 9.17) is 0 Å². The van der Waals surface area contributed by atoms with Crippen LogP contribution in [0.3, 0.4) is 0 Å². The molecule has 0 aromatic carbocycles. The molecule has 1 aliphatic heterocycles. The second-order valence-corrected chi connectivity index (χ2v) is 5.26. The van der Waals surface area contributed by atoms with Gasteiger partial charge in [-0.1, -0.05) is 13.8 Å². The van der Waals surface area contributed by atoms with Crippen molar-refractivity contribution in [3.63, 3.8) is 0 Å². The van der Waals surface area contributed by atoms with Crippen LogP contribution < -0.4 is 16.0 Å². The Morgan fingerprint density at radius 2 is 1.78 bits per heavy atom. The topological polar surface area (TPSA) is 70.2 Å². The van der Waals surface area contributed by atoms with Gasteiger partial charge in [-0.05, 0) is 39.3 Å². The summed E-state index contributed by atoms with van der Waals surface area (Å²) in [5.41, 5.74) is 0. The molecule has 1 fully saturated rings. The summed E-state index contributed by atoms with van der Waals surface area (Å²) in [7, 11) is 0. The highest BCUT2D eigenvalue weighted by molar-refractivity contribution is 5.88. The Bertz CT molecular complexity index is 303. The number of hydrogen-bond donors (Lipinski definition) is 3. The molecule has 0 bridgehead atoms. The summed E-state index contributed by atoms with van der Waals surface area (Å²) in [6.45, 7) is 9.39. The van der Waals surface area contributed by atoms with Crippen molar-refractivity contribution in [2.75, 3.05) is 13.1 Å². The van der Waals surface area contributed by atoms with Crippen molar-refractivity contribution in [3.05, 3.63) is 0 Å². The largest absolute Gasteiger partial charge is 0.352 e. The number of carbonyl (C=O) groups is 2. The van der Waals surface area contributed by atoms with Gasteiger partial charge in [-0.25, -0.2) is 0 Å². The number of amides is 2. The summed E-state index contributed by atoms with van der Waals surface area (Å²) in [6, 6.07) is -0.327. The Balaban J connectivity index is 2.35. The Hall–Kier alpha value is -1.10. The first kappa shape index (κ1) is 15.0. The highest BCUT2D eigenvalue weighted by Gasteiger charge is 2.30. The second kappa shape index (κ2) is 6.73. The van der Waals surface area contributed by atoms with E-state index in [1.165, 1.54) is 0 Å². The molecule has 0 saturated carbocycles. The first-order chi connectivity index (χ1) is 8.45. The van der Waals surface area contributed by atoms with E-state index in [0.717, 1.165) is 19.5 Å². The van der Waals surface area contributed by atoms with Crippen LogP contribution in [0, 0.1) is 11.8 Å². The molecule has 1 aliphatic rings. The first-order valence-corrected chi connectivity index (χ1v) is 6.77. The first-order valence-electron chi connectivity index (χ1n) is 6.77. The van der Waals surface area contributed by atoms with Gasteiger partial charge in [0.25, 0.3) is 0 Å². The van der Waals surface area contributed by atoms with Gasteiger partial charge in [0, 0.05) is 12.0 Å². The van der Waals surface area contributed by atoms with Gasteiger partial charge in [0.05, 0.1) is 0 Å². The zero-order valence-electron chi connectivity index (χ0n) is 11.7. The lowest BCUT2D eigenvalue weighted by molar-refractivity contribution is -0.132. The molecule has 1 rings (SSSR count). The van der Waals surface area contributed by atoms with Crippen molar-refractivity contribution in [1.29, 1.82) is 0 Å². The summed E-state index contributed by atoms with van der Waals surface area (Å²) in [5.74, 6) is 0.213. The van der Waals surface area contributed by atoms with Crippen molar-refractivity contribution in [3.8, 4) is 0 Å². The van der Waals surface area contributed by atoms with Gasteiger partial charge in [0.1, 0.15) is 6.04 Å². The van der Waals surface area contributed by atoms with E-state index < -0.39 is 6.04 Å². The Kier molecular flexibility index (Phi) is 5.59. The molecule has 5 heteroatoms. The number of hydrogen-bond acceptors (Lipinski definition) is 3. The summed E-state index contributed by atoms with van der Waals surface area (Å²) >= 11 is 0. The summed E-state index contributed by atoms with van der Waals surface area (Å²) in [4.78, 5) is 23.7. The van der Waals surface area contributed by atoms with Crippen LogP contribution in [-0.4, -0.2) is 37.0 Å². The van der Waals surface area contributed by atoms with Crippen LogP contribution >= 0.6 is 0 Å². The van der Waals surface area contributed by atoms with Crippen molar-refractivity contribution >= 4 is 11.8 Å². The third-order valence-electron chi connectivity index (χ3n) is 3.69. The minimum atomic E-state index is -0.470. The molecule has 2 amide bonds. The molecule has 0 aromatic heterocycles. The van der Waals surface area contributed by atoms with E-state index in [9.17, 15) is 9.59 Å². The Labute approximate surface area is 109 Å². The third kappa shape index (κ3) is 3.98. The van der Waals surface area contributed by atoms with E-state index >= 15 is 0 Å². The van der Waals surface area contributed by atoms with E-state index in [0.29, 0.717) is 5.92 Å². The highest BCUT2D eigenvalue weighted by atomic mass is 16.2. The standard InChI is InChI=1S/C13H25N3O2/c1-5-8(2)15-13(18)10(4)16-12(17)9(3)11-6-14-7-11/h8-11,14H,5-7H2,1-4H3,(H,15,18)(H,16,17). The van der Waals surface area contributed by atoms with Crippen molar-refractivity contribution in [2.24, 2.45) is 11.8 Å². The van der Waals surface area contributed by atoms with Crippen LogP contribution in [0.25, 0.3) is 0 Å². The SMILES string of the molecule is CCC(C)NC(=O)C(C)NC(=O)C(C)C1CNC1. The zero-order valence-corrected chi connectivity index (χ0v) is 11.7. The van der Waals surface area contributed by atoms with Gasteiger partial charge in [-0.15, -0.1) is 0 Å². The fourth-order valence-corrected chi connectivity index (χ4v) is 1.76. The summed E-state index contributed by atoms with van der Waals surface area (Å²) in [5, 5.41) is 8.79. The lowest BCUT2D eigenvalue weighted by atomic mass is 9.88. The monoisotopic (exact) mass is 255 g/mol. The number of carbonyl (C=O) groups excluding carboxylic acids is 2. The summed E-state index contributed by atoms with van der Waals surface area (Å²) < 4.78 is 0. The molecule has 0 aliphatic carbocycles. The number of nitrogens with one attached hydrogen (secondary N) is 3. The van der Waals surface area contributed by atoms with Gasteiger partial charge in [0.15, 0.2) is 0 Å². The van der Waals surface area contributed by atoms with Gasteiger partial charge >= 0.3 is 0 Å². The molecule has 3 unspecified atom stereocenters. The van der Waals surface area contributed by atoms with Crippen molar-refractivity contribution in [1.82, 2.24) is 16.0 Å². The molecular formula is C13H25N3O2. The molecule has 5 nitrogen and oxygen atoms in total. The maximum absolute atomic E-state index is 11.9. The van der Waals surface area contributed by atoms with Gasteiger partial charge in [-0.2, -0.15) is 0 Å². The predicted molar refractivity (Wildman–Crippen MR) is 71.0 cm³/mol. The van der Waals surface area contributed by atoms with Gasteiger partial charge in [0.2, 0.25) is 11.8 Å². The van der Waals surface area contributed by atoms with Crippen LogP contribution in [0.4, 0.5) is 0 Å². The maximum atomic E-state index is 11.9. The van der Waals surface area contributed by atoms with Crippen LogP contribution in [0.15, 0.2) is 0 Å². The van der Waals surface area contributed by atoms with Crippen molar-refractivity contribution < 1.29 is 9.59 Å². The molecule has 0 spiro atoms. The molecule has 1 saturated heterocycles. The molecule has 0 aromatic rings. The predicted octanol–water partition coefficient (Wildman–Crippen LogP) is 0.261. The normalized spacial score (nSPS) is 20.4. The fraction of sp³-hybridized carbons (Fsp3) is 0.846. The van der Waals surface area contributed by atoms with Crippen LogP contribution in [0.5, 0.6) is 0 Å². The van der Waals surface area contributed by atoms with E-state index in [1.807, 2.05) is 20.8 Å². The van der Waals surface area contributed by atoms with Gasteiger partial charge in [-0.3, -0.25) is 9.59 Å². The minimum Gasteiger partial charge on any atom is -0.352 e. The smallest absolute Gasteiger partial charge is 0.242 e. The lowest BCUT2D eigenvalue weighted by Crippen LogP contribution is -2.53. The molecule has 3 atom stereocenters. The fourth-order valence-electron chi connectivity index (χ4n) is 1.76. The Morgan fingerprint density at radius 1 is 1.17 bits per heavy atom. The zero-order chi connectivity index (χ0) is 13.7. The molecule has 0 radical (unpaired) electrons. The highest BCUT2D eigenvalue weighted by Crippen LogP contribution is 2.15. The Morgan fingerprint density at radius 3 is 2.22 bits per heavy atom. The molecule has 1 heterocycles. The molecule has 18 heavy (non-hydrogen) atoms. The number of rotatable bonds is 6. The van der Waals surface area contributed by atoms with E-state index in [2.05, 4.69) is 16.0 Å². The van der Waals surface area contributed by atoms with Gasteiger partial charge < -0.3 is 16.0 Å². The molecular weight excluding hydrogens is 230 g/mol. The minimum absolute atomic E-state index is 0.0340. The average molecular weight is 255 g/mol. The van der Waals surface area contributed by atoms with E-state index in [-0.39, 0.29) is 23.8 Å². The van der Waals surface area contributed by atoms with Crippen molar-refractivity contribution in [2.45, 2.75) is 46.2 Å². The van der Waals surface area contributed by atoms with Crippen LogP contribution in [0.1, 0.15) is 34.1 Å². The maximum Gasteiger partial charge on any atom is 0.242 e. The quantitative estimate of drug-likeness (QED) is 0.637. The summed E-state index contributed by atoms with van der Waals surface area (Å²) in [6.07, 6.45) is 0.885. The molecule has 104 valence electrons. The molecule has 3 N–H and O–H groups in total. The third-order valence-corrected chi connectivity index (χ3v) is 3.69. The average Bonchev–Trinajstić information content (AvgIpc) is 2.26. The second-order valence-electron chi connectivity index (χ2n) is 5.26. The van der Waals surface area contributed by atoms with E-state index in [1.54, 1.807) is 6.92 Å².